The van der Waals surface area contributed by atoms with Crippen LogP contribution in [0.1, 0.15) is 36.8 Å². The summed E-state index contributed by atoms with van der Waals surface area (Å²) in [7, 11) is -1.96. The van der Waals surface area contributed by atoms with Crippen LogP contribution in [0.15, 0.2) is 52.3 Å². The molecular formula is C24H32N2O4S2. The first-order chi connectivity index (χ1) is 15.4. The van der Waals surface area contributed by atoms with E-state index in [2.05, 4.69) is 36.5 Å². The van der Waals surface area contributed by atoms with Crippen molar-refractivity contribution >= 4 is 27.7 Å². The lowest BCUT2D eigenvalue weighted by Crippen LogP contribution is -2.35. The van der Waals surface area contributed by atoms with Gasteiger partial charge in [0.15, 0.2) is 0 Å². The van der Waals surface area contributed by atoms with Crippen molar-refractivity contribution in [3.63, 3.8) is 0 Å². The summed E-state index contributed by atoms with van der Waals surface area (Å²) in [5.74, 6) is 1.34. The number of piperidine rings is 1. The van der Waals surface area contributed by atoms with Crippen LogP contribution in [0.4, 0.5) is 0 Å². The molecule has 1 saturated heterocycles. The molecule has 2 aromatic rings. The van der Waals surface area contributed by atoms with E-state index in [4.69, 9.17) is 4.74 Å². The van der Waals surface area contributed by atoms with Gasteiger partial charge in [-0.15, -0.1) is 11.8 Å². The minimum absolute atomic E-state index is 0.0548. The monoisotopic (exact) mass is 476 g/mol. The Balaban J connectivity index is 1.53. The number of rotatable bonds is 10. The Morgan fingerprint density at radius 1 is 1.09 bits per heavy atom. The zero-order chi connectivity index (χ0) is 23.0. The van der Waals surface area contributed by atoms with Crippen LogP contribution in [0.3, 0.4) is 0 Å². The first kappa shape index (κ1) is 24.6. The maximum absolute atomic E-state index is 13.0. The normalized spacial score (nSPS) is 14.8. The van der Waals surface area contributed by atoms with Crippen LogP contribution in [-0.2, 0) is 21.2 Å². The molecule has 6 nitrogen and oxygen atoms in total. The third kappa shape index (κ3) is 6.73. The standard InChI is InChI=1S/C24H32N2O4S2/c1-19-6-9-21(10-7-19)31-17-14-25-24(27)13-8-20-18-22(11-12-23(20)30-2)32(28,29)26-15-4-3-5-16-26/h6-7,9-12,18H,3-5,8,13-17H2,1-2H3,(H,25,27). The number of nitrogens with one attached hydrogen (secondary N) is 1. The number of amides is 1. The van der Waals surface area contributed by atoms with Gasteiger partial charge in [0.2, 0.25) is 15.9 Å². The fourth-order valence-electron chi connectivity index (χ4n) is 3.70. The van der Waals surface area contributed by atoms with Gasteiger partial charge >= 0.3 is 0 Å². The topological polar surface area (TPSA) is 75.7 Å². The van der Waals surface area contributed by atoms with Gasteiger partial charge in [0, 0.05) is 36.7 Å². The lowest BCUT2D eigenvalue weighted by Gasteiger charge is -2.26. The molecule has 0 spiro atoms. The van der Waals surface area contributed by atoms with Crippen molar-refractivity contribution in [2.24, 2.45) is 0 Å². The van der Waals surface area contributed by atoms with E-state index in [1.54, 1.807) is 41.4 Å². The summed E-state index contributed by atoms with van der Waals surface area (Å²) in [4.78, 5) is 13.8. The van der Waals surface area contributed by atoms with E-state index in [1.807, 2.05) is 0 Å². The number of carbonyl (C=O) groups excluding carboxylic acids is 1. The molecule has 32 heavy (non-hydrogen) atoms. The highest BCUT2D eigenvalue weighted by atomic mass is 32.2. The molecule has 1 fully saturated rings. The number of benzene rings is 2. The molecule has 0 bridgehead atoms. The number of hydrogen-bond acceptors (Lipinski definition) is 5. The second-order valence-corrected chi connectivity index (χ2v) is 11.1. The Morgan fingerprint density at radius 3 is 2.50 bits per heavy atom. The smallest absolute Gasteiger partial charge is 0.243 e. The summed E-state index contributed by atoms with van der Waals surface area (Å²) < 4.78 is 32.9. The lowest BCUT2D eigenvalue weighted by atomic mass is 10.1. The van der Waals surface area contributed by atoms with Crippen molar-refractivity contribution in [2.45, 2.75) is 48.8 Å². The Hall–Kier alpha value is -2.03. The maximum Gasteiger partial charge on any atom is 0.243 e. The average molecular weight is 477 g/mol. The second-order valence-electron chi connectivity index (χ2n) is 7.95. The van der Waals surface area contributed by atoms with E-state index in [1.165, 1.54) is 10.5 Å². The molecule has 0 saturated carbocycles. The van der Waals surface area contributed by atoms with E-state index in [0.29, 0.717) is 31.8 Å². The SMILES string of the molecule is COc1ccc(S(=O)(=O)N2CCCCC2)cc1CCC(=O)NCCSc1ccc(C)cc1. The van der Waals surface area contributed by atoms with Crippen LogP contribution in [0.5, 0.6) is 5.75 Å². The minimum Gasteiger partial charge on any atom is -0.496 e. The summed E-state index contributed by atoms with van der Waals surface area (Å²) in [6.07, 6.45) is 3.55. The number of sulfonamides is 1. The van der Waals surface area contributed by atoms with E-state index < -0.39 is 10.0 Å². The molecule has 174 valence electrons. The average Bonchev–Trinajstić information content (AvgIpc) is 2.82. The molecule has 0 aromatic heterocycles. The minimum atomic E-state index is -3.52. The molecule has 3 rings (SSSR count). The highest BCUT2D eigenvalue weighted by molar-refractivity contribution is 7.99. The first-order valence-electron chi connectivity index (χ1n) is 11.0. The van der Waals surface area contributed by atoms with Crippen molar-refractivity contribution in [1.82, 2.24) is 9.62 Å². The van der Waals surface area contributed by atoms with Gasteiger partial charge in [0.05, 0.1) is 12.0 Å². The van der Waals surface area contributed by atoms with E-state index >= 15 is 0 Å². The second kappa shape index (κ2) is 11.7. The first-order valence-corrected chi connectivity index (χ1v) is 13.5. The van der Waals surface area contributed by atoms with Gasteiger partial charge in [-0.1, -0.05) is 24.1 Å². The van der Waals surface area contributed by atoms with Gasteiger partial charge in [0.1, 0.15) is 5.75 Å². The summed E-state index contributed by atoms with van der Waals surface area (Å²) in [5, 5.41) is 2.94. The summed E-state index contributed by atoms with van der Waals surface area (Å²) in [5.41, 5.74) is 1.96. The quantitative estimate of drug-likeness (QED) is 0.414. The van der Waals surface area contributed by atoms with Crippen LogP contribution < -0.4 is 10.1 Å². The summed E-state index contributed by atoms with van der Waals surface area (Å²) in [6, 6.07) is 13.3. The Labute approximate surface area is 195 Å². The van der Waals surface area contributed by atoms with Gasteiger partial charge in [0.25, 0.3) is 0 Å². The van der Waals surface area contributed by atoms with Gasteiger partial charge < -0.3 is 10.1 Å². The number of methoxy groups -OCH3 is 1. The molecule has 0 atom stereocenters. The predicted molar refractivity (Wildman–Crippen MR) is 129 cm³/mol. The molecule has 1 heterocycles. The van der Waals surface area contributed by atoms with Gasteiger partial charge in [-0.05, 0) is 62.1 Å². The third-order valence-corrected chi connectivity index (χ3v) is 8.45. The number of hydrogen-bond donors (Lipinski definition) is 1. The Morgan fingerprint density at radius 2 is 1.81 bits per heavy atom. The zero-order valence-electron chi connectivity index (χ0n) is 18.8. The molecule has 1 amide bonds. The van der Waals surface area contributed by atoms with Gasteiger partial charge in [-0.25, -0.2) is 8.42 Å². The summed E-state index contributed by atoms with van der Waals surface area (Å²) >= 11 is 1.70. The Kier molecular flexibility index (Phi) is 9.02. The highest BCUT2D eigenvalue weighted by Crippen LogP contribution is 2.27. The zero-order valence-corrected chi connectivity index (χ0v) is 20.4. The number of ether oxygens (including phenoxy) is 1. The van der Waals surface area contributed by atoms with Crippen LogP contribution in [-0.4, -0.2) is 51.1 Å². The molecule has 1 aliphatic rings. The van der Waals surface area contributed by atoms with Gasteiger partial charge in [-0.2, -0.15) is 4.31 Å². The van der Waals surface area contributed by atoms with Crippen molar-refractivity contribution in [3.8, 4) is 5.75 Å². The van der Waals surface area contributed by atoms with Crippen molar-refractivity contribution in [2.75, 3.05) is 32.5 Å². The highest BCUT2D eigenvalue weighted by Gasteiger charge is 2.26. The summed E-state index contributed by atoms with van der Waals surface area (Å²) in [6.45, 7) is 3.76. The molecule has 0 aliphatic carbocycles. The fourth-order valence-corrected chi connectivity index (χ4v) is 6.03. The molecule has 1 N–H and O–H groups in total. The van der Waals surface area contributed by atoms with Crippen molar-refractivity contribution in [1.29, 1.82) is 0 Å². The largest absolute Gasteiger partial charge is 0.496 e. The number of nitrogens with zero attached hydrogens (tertiary/aromatic N) is 1. The van der Waals surface area contributed by atoms with E-state index in [-0.39, 0.29) is 17.2 Å². The molecule has 8 heteroatoms. The molecule has 1 aliphatic heterocycles. The van der Waals surface area contributed by atoms with Crippen LogP contribution in [0.2, 0.25) is 0 Å². The Bertz CT molecular complexity index is 1000. The number of carbonyl (C=O) groups is 1. The predicted octanol–water partition coefficient (Wildman–Crippen LogP) is 4.02. The van der Waals surface area contributed by atoms with Crippen LogP contribution in [0, 0.1) is 6.92 Å². The molecule has 0 radical (unpaired) electrons. The molecular weight excluding hydrogens is 444 g/mol. The fraction of sp³-hybridized carbons (Fsp3) is 0.458. The van der Waals surface area contributed by atoms with Gasteiger partial charge in [-0.3, -0.25) is 4.79 Å². The third-order valence-electron chi connectivity index (χ3n) is 5.54. The van der Waals surface area contributed by atoms with Crippen LogP contribution in [0.25, 0.3) is 0 Å². The number of aryl methyl sites for hydroxylation is 2. The van der Waals surface area contributed by atoms with E-state index in [9.17, 15) is 13.2 Å². The van der Waals surface area contributed by atoms with Crippen LogP contribution >= 0.6 is 11.8 Å². The van der Waals surface area contributed by atoms with Crippen molar-refractivity contribution < 1.29 is 17.9 Å². The number of thioether (sulfide) groups is 1. The molecule has 2 aromatic carbocycles. The lowest BCUT2D eigenvalue weighted by molar-refractivity contribution is -0.120. The molecule has 0 unspecified atom stereocenters. The van der Waals surface area contributed by atoms with Crippen molar-refractivity contribution in [3.05, 3.63) is 53.6 Å². The van der Waals surface area contributed by atoms with E-state index in [0.717, 1.165) is 30.6 Å². The maximum atomic E-state index is 13.0.